The summed E-state index contributed by atoms with van der Waals surface area (Å²) in [6, 6.07) is 16.1. The smallest absolute Gasteiger partial charge is 0.305 e. The maximum atomic E-state index is 13.2. The van der Waals surface area contributed by atoms with E-state index in [2.05, 4.69) is 0 Å². The average Bonchev–Trinajstić information content (AvgIpc) is 3.65. The summed E-state index contributed by atoms with van der Waals surface area (Å²) in [6.07, 6.45) is 4.92. The van der Waals surface area contributed by atoms with E-state index in [0.29, 0.717) is 39.1 Å². The second-order valence-electron chi connectivity index (χ2n) is 8.83. The first-order valence-corrected chi connectivity index (χ1v) is 14.6. The summed E-state index contributed by atoms with van der Waals surface area (Å²) >= 11 is 6.42. The predicted octanol–water partition coefficient (Wildman–Crippen LogP) is 4.00. The van der Waals surface area contributed by atoms with Gasteiger partial charge in [-0.2, -0.15) is 9.40 Å². The molecule has 2 saturated heterocycles. The molecule has 1 aromatic heterocycles. The molecule has 0 radical (unpaired) electrons. The van der Waals surface area contributed by atoms with Crippen LogP contribution in [0.5, 0.6) is 0 Å². The normalized spacial score (nSPS) is 17.6. The van der Waals surface area contributed by atoms with E-state index in [0.717, 1.165) is 30.3 Å². The van der Waals surface area contributed by atoms with Gasteiger partial charge in [0.15, 0.2) is 0 Å². The molecule has 0 unspecified atom stereocenters. The largest absolute Gasteiger partial charge is 0.481 e. The van der Waals surface area contributed by atoms with Gasteiger partial charge in [-0.1, -0.05) is 54.3 Å². The van der Waals surface area contributed by atoms with Gasteiger partial charge in [-0.25, -0.2) is 13.1 Å². The molecule has 12 heteroatoms. The predicted molar refractivity (Wildman–Crippen MR) is 149 cm³/mol. The number of nitrogens with zero attached hydrogens (tertiary/aromatic N) is 4. The Balaban J connectivity index is 1.56. The number of aliphatic carboxylic acids is 1. The summed E-state index contributed by atoms with van der Waals surface area (Å²) in [5.41, 5.74) is 2.49. The van der Waals surface area contributed by atoms with Crippen LogP contribution in [0.3, 0.4) is 0 Å². The van der Waals surface area contributed by atoms with Gasteiger partial charge in [0.1, 0.15) is 10.0 Å². The van der Waals surface area contributed by atoms with Gasteiger partial charge >= 0.3 is 5.97 Å². The molecule has 9 nitrogen and oxygen atoms in total. The number of thioether (sulfide) groups is 1. The Hall–Kier alpha value is -3.32. The highest BCUT2D eigenvalue weighted by Crippen LogP contribution is 2.35. The third-order valence-corrected chi connectivity index (χ3v) is 9.56. The molecule has 1 amide bonds. The molecule has 3 heterocycles. The van der Waals surface area contributed by atoms with Crippen molar-refractivity contribution in [2.24, 2.45) is 0 Å². The van der Waals surface area contributed by atoms with Gasteiger partial charge < -0.3 is 5.11 Å². The minimum absolute atomic E-state index is 0.0100. The topological polar surface area (TPSA) is 113 Å². The minimum Gasteiger partial charge on any atom is -0.481 e. The molecule has 5 rings (SSSR count). The molecule has 2 aliphatic rings. The summed E-state index contributed by atoms with van der Waals surface area (Å²) in [4.78, 5) is 25.9. The van der Waals surface area contributed by atoms with E-state index in [1.54, 1.807) is 41.2 Å². The first kappa shape index (κ1) is 26.3. The van der Waals surface area contributed by atoms with Gasteiger partial charge in [-0.05, 0) is 43.2 Å². The molecular weight excluding hydrogens is 545 g/mol. The number of benzene rings is 2. The van der Waals surface area contributed by atoms with E-state index in [-0.39, 0.29) is 23.8 Å². The number of rotatable bonds is 8. The first-order chi connectivity index (χ1) is 18.2. The van der Waals surface area contributed by atoms with Crippen molar-refractivity contribution in [3.05, 3.63) is 71.3 Å². The maximum Gasteiger partial charge on any atom is 0.305 e. The number of carboxylic acid groups (broad SMARTS) is 1. The average molecular weight is 569 g/mol. The van der Waals surface area contributed by atoms with Crippen LogP contribution in [0.25, 0.3) is 23.0 Å². The van der Waals surface area contributed by atoms with E-state index in [9.17, 15) is 18.0 Å². The highest BCUT2D eigenvalue weighted by atomic mass is 32.2. The Morgan fingerprint density at radius 1 is 1.11 bits per heavy atom. The monoisotopic (exact) mass is 568 g/mol. The summed E-state index contributed by atoms with van der Waals surface area (Å²) in [5.74, 6) is -1.39. The molecule has 38 heavy (non-hydrogen) atoms. The standard InChI is InChI=1S/C26H24N4O5S3/c31-23(32)11-14-29-25(33)22(37-26(29)36)16-19-17-30(20-8-2-1-3-9-20)27-24(19)18-7-6-10-21(15-18)38(34,35)28-12-4-5-13-28/h1-3,6-10,15-17H,4-5,11-14H2,(H,31,32). The van der Waals surface area contributed by atoms with E-state index in [1.165, 1.54) is 9.21 Å². The molecule has 1 N–H and O–H groups in total. The molecule has 3 aromatic rings. The highest BCUT2D eigenvalue weighted by molar-refractivity contribution is 8.26. The summed E-state index contributed by atoms with van der Waals surface area (Å²) in [7, 11) is -3.63. The van der Waals surface area contributed by atoms with Crippen molar-refractivity contribution in [1.82, 2.24) is 19.0 Å². The van der Waals surface area contributed by atoms with Gasteiger partial charge in [-0.15, -0.1) is 0 Å². The van der Waals surface area contributed by atoms with Gasteiger partial charge in [0.05, 0.1) is 21.9 Å². The van der Waals surface area contributed by atoms with E-state index < -0.39 is 16.0 Å². The molecule has 2 fully saturated rings. The van der Waals surface area contributed by atoms with Crippen molar-refractivity contribution in [3.8, 4) is 16.9 Å². The zero-order valence-corrected chi connectivity index (χ0v) is 22.6. The Morgan fingerprint density at radius 3 is 2.55 bits per heavy atom. The number of carbonyl (C=O) groups excluding carboxylic acids is 1. The number of carbonyl (C=O) groups is 2. The molecule has 0 atom stereocenters. The molecule has 2 aromatic carbocycles. The Kier molecular flexibility index (Phi) is 7.48. The molecule has 0 saturated carbocycles. The second-order valence-corrected chi connectivity index (χ2v) is 12.4. The molecule has 0 bridgehead atoms. The van der Waals surface area contributed by atoms with Crippen LogP contribution in [0.2, 0.25) is 0 Å². The number of carboxylic acids is 1. The lowest BCUT2D eigenvalue weighted by molar-refractivity contribution is -0.137. The van der Waals surface area contributed by atoms with Crippen molar-refractivity contribution in [3.63, 3.8) is 0 Å². The van der Waals surface area contributed by atoms with E-state index >= 15 is 0 Å². The van der Waals surface area contributed by atoms with Gasteiger partial charge in [0, 0.05) is 37.0 Å². The van der Waals surface area contributed by atoms with Crippen molar-refractivity contribution >= 4 is 56.3 Å². The van der Waals surface area contributed by atoms with Crippen LogP contribution in [-0.4, -0.2) is 68.3 Å². The maximum absolute atomic E-state index is 13.2. The first-order valence-electron chi connectivity index (χ1n) is 12.0. The number of sulfonamides is 1. The van der Waals surface area contributed by atoms with Crippen LogP contribution in [0.1, 0.15) is 24.8 Å². The summed E-state index contributed by atoms with van der Waals surface area (Å²) in [5, 5.41) is 13.8. The number of amides is 1. The van der Waals surface area contributed by atoms with E-state index in [4.69, 9.17) is 22.4 Å². The highest BCUT2D eigenvalue weighted by Gasteiger charge is 2.33. The van der Waals surface area contributed by atoms with E-state index in [1.807, 2.05) is 30.3 Å². The fourth-order valence-corrected chi connectivity index (χ4v) is 7.22. The Labute approximate surface area is 229 Å². The summed E-state index contributed by atoms with van der Waals surface area (Å²) < 4.78 is 29.9. The lowest BCUT2D eigenvalue weighted by Crippen LogP contribution is -2.30. The van der Waals surface area contributed by atoms with Crippen molar-refractivity contribution < 1.29 is 23.1 Å². The number of para-hydroxylation sites is 1. The Morgan fingerprint density at radius 2 is 1.84 bits per heavy atom. The molecule has 0 spiro atoms. The lowest BCUT2D eigenvalue weighted by atomic mass is 10.1. The van der Waals surface area contributed by atoms with Crippen molar-refractivity contribution in [1.29, 1.82) is 0 Å². The second kappa shape index (κ2) is 10.8. The van der Waals surface area contributed by atoms with Crippen molar-refractivity contribution in [2.45, 2.75) is 24.2 Å². The lowest BCUT2D eigenvalue weighted by Gasteiger charge is -2.16. The van der Waals surface area contributed by atoms with Gasteiger partial charge in [-0.3, -0.25) is 14.5 Å². The Bertz CT molecular complexity index is 1540. The third kappa shape index (κ3) is 5.30. The molecule has 0 aliphatic carbocycles. The molecule has 196 valence electrons. The number of hydrogen-bond acceptors (Lipinski definition) is 7. The third-order valence-electron chi connectivity index (χ3n) is 6.28. The van der Waals surface area contributed by atoms with Crippen LogP contribution < -0.4 is 0 Å². The quantitative estimate of drug-likeness (QED) is 0.321. The van der Waals surface area contributed by atoms with Gasteiger partial charge in [0.2, 0.25) is 10.0 Å². The summed E-state index contributed by atoms with van der Waals surface area (Å²) in [6.45, 7) is 0.998. The number of hydrogen-bond donors (Lipinski definition) is 1. The zero-order chi connectivity index (χ0) is 26.9. The minimum atomic E-state index is -3.63. The molecule has 2 aliphatic heterocycles. The van der Waals surface area contributed by atoms with Gasteiger partial charge in [0.25, 0.3) is 5.91 Å². The van der Waals surface area contributed by atoms with Crippen LogP contribution >= 0.6 is 24.0 Å². The van der Waals surface area contributed by atoms with Crippen LogP contribution in [-0.2, 0) is 19.6 Å². The molecular formula is C26H24N4O5S3. The van der Waals surface area contributed by atoms with Crippen LogP contribution in [0, 0.1) is 0 Å². The SMILES string of the molecule is O=C(O)CCN1C(=O)C(=Cc2cn(-c3ccccc3)nc2-c2cccc(S(=O)(=O)N3CCCC3)c2)SC1=S. The fraction of sp³-hybridized carbons (Fsp3) is 0.231. The zero-order valence-electron chi connectivity index (χ0n) is 20.2. The number of thiocarbonyl (C=S) groups is 1. The van der Waals surface area contributed by atoms with Crippen molar-refractivity contribution in [2.75, 3.05) is 19.6 Å². The number of aromatic nitrogens is 2. The van der Waals surface area contributed by atoms with Crippen LogP contribution in [0.4, 0.5) is 0 Å². The fourth-order valence-electron chi connectivity index (χ4n) is 4.35. The van der Waals surface area contributed by atoms with Crippen LogP contribution in [0.15, 0.2) is 70.6 Å².